The number of nitro groups is 1. The number of thioether (sulfide) groups is 1. The summed E-state index contributed by atoms with van der Waals surface area (Å²) in [6.45, 7) is 0. The third-order valence-electron chi connectivity index (χ3n) is 3.24. The van der Waals surface area contributed by atoms with E-state index >= 15 is 0 Å². The maximum absolute atomic E-state index is 10.9. The van der Waals surface area contributed by atoms with Crippen molar-refractivity contribution >= 4 is 28.8 Å². The van der Waals surface area contributed by atoms with E-state index in [1.54, 1.807) is 12.1 Å². The van der Waals surface area contributed by atoms with Crippen LogP contribution >= 0.6 is 23.1 Å². The molecule has 0 saturated heterocycles. The first-order valence-electron chi connectivity index (χ1n) is 7.26. The van der Waals surface area contributed by atoms with Crippen LogP contribution in [0.25, 0.3) is 22.2 Å². The number of hydrogen-bond acceptors (Lipinski definition) is 10. The van der Waals surface area contributed by atoms with Gasteiger partial charge in [0.25, 0.3) is 16.8 Å². The molecule has 0 aliphatic rings. The Morgan fingerprint density at radius 1 is 1.23 bits per heavy atom. The van der Waals surface area contributed by atoms with Crippen molar-refractivity contribution in [3.63, 3.8) is 0 Å². The molecule has 26 heavy (non-hydrogen) atoms. The smallest absolute Gasteiger partial charge is 0.277 e. The lowest BCUT2D eigenvalue weighted by molar-refractivity contribution is -0.384. The molecule has 4 aromatic rings. The molecule has 1 aromatic carbocycles. The van der Waals surface area contributed by atoms with Crippen molar-refractivity contribution in [3.8, 4) is 22.2 Å². The summed E-state index contributed by atoms with van der Waals surface area (Å²) in [5, 5.41) is 25.0. The molecule has 0 aliphatic carbocycles. The summed E-state index contributed by atoms with van der Waals surface area (Å²) < 4.78 is 10.8. The minimum Gasteiger partial charge on any atom is -0.410 e. The van der Waals surface area contributed by atoms with Gasteiger partial charge < -0.3 is 8.94 Å². The molecule has 0 spiro atoms. The minimum absolute atomic E-state index is 0.0322. The van der Waals surface area contributed by atoms with Gasteiger partial charge in [0.1, 0.15) is 0 Å². The zero-order valence-corrected chi connectivity index (χ0v) is 14.6. The van der Waals surface area contributed by atoms with Gasteiger partial charge in [-0.15, -0.1) is 21.5 Å². The van der Waals surface area contributed by atoms with Crippen molar-refractivity contribution in [1.82, 2.24) is 20.3 Å². The fraction of sp³-hybridized carbons (Fsp3) is 0.0667. The van der Waals surface area contributed by atoms with Crippen molar-refractivity contribution in [2.24, 2.45) is 0 Å². The van der Waals surface area contributed by atoms with Crippen LogP contribution in [0.5, 0.6) is 0 Å². The summed E-state index contributed by atoms with van der Waals surface area (Å²) >= 11 is 2.78. The van der Waals surface area contributed by atoms with E-state index in [0.29, 0.717) is 28.3 Å². The van der Waals surface area contributed by atoms with E-state index in [1.807, 2.05) is 17.5 Å². The van der Waals surface area contributed by atoms with Gasteiger partial charge in [-0.3, -0.25) is 10.1 Å². The molecule has 0 aliphatic heterocycles. The predicted octanol–water partition coefficient (Wildman–Crippen LogP) is 4.05. The molecule has 0 radical (unpaired) electrons. The van der Waals surface area contributed by atoms with E-state index in [2.05, 4.69) is 20.3 Å². The normalized spacial score (nSPS) is 10.9. The molecule has 130 valence electrons. The van der Waals surface area contributed by atoms with Gasteiger partial charge in [-0.2, -0.15) is 4.98 Å². The number of non-ortho nitro benzene ring substituents is 1. The molecule has 0 atom stereocenters. The Morgan fingerprint density at radius 3 is 2.96 bits per heavy atom. The highest BCUT2D eigenvalue weighted by Crippen LogP contribution is 2.28. The lowest BCUT2D eigenvalue weighted by Crippen LogP contribution is -1.89. The highest BCUT2D eigenvalue weighted by Gasteiger charge is 2.15. The molecule has 0 saturated carbocycles. The first kappa shape index (κ1) is 16.4. The van der Waals surface area contributed by atoms with Gasteiger partial charge in [0, 0.05) is 17.7 Å². The second-order valence-corrected chi connectivity index (χ2v) is 6.83. The molecule has 0 amide bonds. The number of aromatic nitrogens is 4. The molecule has 0 unspecified atom stereocenters. The van der Waals surface area contributed by atoms with E-state index in [0.717, 1.165) is 4.88 Å². The first-order valence-corrected chi connectivity index (χ1v) is 9.13. The van der Waals surface area contributed by atoms with Crippen LogP contribution in [0.15, 0.2) is 55.9 Å². The summed E-state index contributed by atoms with van der Waals surface area (Å²) in [4.78, 5) is 15.5. The first-order chi connectivity index (χ1) is 12.7. The highest BCUT2D eigenvalue weighted by molar-refractivity contribution is 7.98. The van der Waals surface area contributed by atoms with Gasteiger partial charge in [-0.25, -0.2) is 0 Å². The van der Waals surface area contributed by atoms with Crippen molar-refractivity contribution in [3.05, 3.63) is 57.8 Å². The van der Waals surface area contributed by atoms with Gasteiger partial charge in [0.05, 0.1) is 15.6 Å². The molecule has 9 nitrogen and oxygen atoms in total. The average molecular weight is 387 g/mol. The predicted molar refractivity (Wildman–Crippen MR) is 93.6 cm³/mol. The van der Waals surface area contributed by atoms with E-state index < -0.39 is 4.92 Å². The molecule has 0 N–H and O–H groups in total. The van der Waals surface area contributed by atoms with Crippen molar-refractivity contribution < 1.29 is 13.9 Å². The summed E-state index contributed by atoms with van der Waals surface area (Å²) in [5.74, 6) is 1.44. The monoisotopic (exact) mass is 387 g/mol. The second kappa shape index (κ2) is 7.06. The fourth-order valence-electron chi connectivity index (χ4n) is 2.08. The minimum atomic E-state index is -0.471. The lowest BCUT2D eigenvalue weighted by Gasteiger charge is -1.94. The van der Waals surface area contributed by atoms with Crippen LogP contribution in [0.4, 0.5) is 5.69 Å². The maximum Gasteiger partial charge on any atom is 0.277 e. The van der Waals surface area contributed by atoms with Crippen LogP contribution in [0, 0.1) is 10.1 Å². The molecule has 3 aromatic heterocycles. The summed E-state index contributed by atoms with van der Waals surface area (Å²) in [6.07, 6.45) is 0. The molecule has 11 heteroatoms. The van der Waals surface area contributed by atoms with Crippen LogP contribution in [0.3, 0.4) is 0 Å². The largest absolute Gasteiger partial charge is 0.410 e. The zero-order valence-electron chi connectivity index (χ0n) is 12.9. The Labute approximate surface area is 154 Å². The number of hydrogen-bond donors (Lipinski definition) is 0. The van der Waals surface area contributed by atoms with Crippen LogP contribution in [-0.2, 0) is 5.75 Å². The van der Waals surface area contributed by atoms with Crippen molar-refractivity contribution in [1.29, 1.82) is 0 Å². The average Bonchev–Trinajstić information content (AvgIpc) is 3.40. The van der Waals surface area contributed by atoms with Crippen molar-refractivity contribution in [2.45, 2.75) is 11.0 Å². The lowest BCUT2D eigenvalue weighted by atomic mass is 10.2. The Kier molecular flexibility index (Phi) is 4.46. The number of nitro benzene ring substituents is 1. The van der Waals surface area contributed by atoms with Crippen LogP contribution in [-0.4, -0.2) is 25.3 Å². The SMILES string of the molecule is O=[N+]([O-])c1cccc(-c2noc(CSc3nnc(-c4cccs4)o3)n2)c1. The fourth-order valence-corrected chi connectivity index (χ4v) is 3.33. The Hall–Kier alpha value is -3.05. The van der Waals surface area contributed by atoms with Gasteiger partial charge in [-0.1, -0.05) is 35.1 Å². The Bertz CT molecular complexity index is 1040. The van der Waals surface area contributed by atoms with Crippen LogP contribution < -0.4 is 0 Å². The molecule has 3 heterocycles. The van der Waals surface area contributed by atoms with E-state index in [1.165, 1.54) is 35.2 Å². The number of nitrogens with zero attached hydrogens (tertiary/aromatic N) is 5. The maximum atomic E-state index is 10.9. The number of benzene rings is 1. The summed E-state index contributed by atoms with van der Waals surface area (Å²) in [5.41, 5.74) is 0.479. The van der Waals surface area contributed by atoms with E-state index in [-0.39, 0.29) is 11.5 Å². The quantitative estimate of drug-likeness (QED) is 0.274. The number of thiophene rings is 1. The van der Waals surface area contributed by atoms with Gasteiger partial charge in [0.2, 0.25) is 11.7 Å². The third kappa shape index (κ3) is 3.48. The summed E-state index contributed by atoms with van der Waals surface area (Å²) in [7, 11) is 0. The van der Waals surface area contributed by atoms with Crippen LogP contribution in [0.1, 0.15) is 5.89 Å². The third-order valence-corrected chi connectivity index (χ3v) is 4.90. The van der Waals surface area contributed by atoms with E-state index in [9.17, 15) is 10.1 Å². The molecular weight excluding hydrogens is 378 g/mol. The topological polar surface area (TPSA) is 121 Å². The molecule has 0 bridgehead atoms. The van der Waals surface area contributed by atoms with E-state index in [4.69, 9.17) is 8.94 Å². The van der Waals surface area contributed by atoms with Gasteiger partial charge >= 0.3 is 0 Å². The Balaban J connectivity index is 1.44. The molecule has 4 rings (SSSR count). The van der Waals surface area contributed by atoms with Crippen LogP contribution in [0.2, 0.25) is 0 Å². The molecule has 0 fully saturated rings. The standard InChI is InChI=1S/C15H9N5O4S2/c21-20(22)10-4-1-3-9(7-10)13-16-12(24-19-13)8-26-15-18-17-14(23-15)11-5-2-6-25-11/h1-7H,8H2. The summed E-state index contributed by atoms with van der Waals surface area (Å²) in [6, 6.07) is 9.86. The highest BCUT2D eigenvalue weighted by atomic mass is 32.2. The zero-order chi connectivity index (χ0) is 17.9. The van der Waals surface area contributed by atoms with Gasteiger partial charge in [0.15, 0.2) is 0 Å². The van der Waals surface area contributed by atoms with Crippen molar-refractivity contribution in [2.75, 3.05) is 0 Å². The second-order valence-electron chi connectivity index (χ2n) is 4.96. The number of rotatable bonds is 6. The Morgan fingerprint density at radius 2 is 2.15 bits per heavy atom. The molecular formula is C15H9N5O4S2. The van der Waals surface area contributed by atoms with Gasteiger partial charge in [-0.05, 0) is 11.4 Å².